The number of aromatic nitrogens is 4. The van der Waals surface area contributed by atoms with Crippen molar-refractivity contribution in [1.29, 1.82) is 0 Å². The van der Waals surface area contributed by atoms with Crippen LogP contribution >= 0.6 is 22.6 Å². The normalized spacial score (nSPS) is 15.6. The summed E-state index contributed by atoms with van der Waals surface area (Å²) in [7, 11) is 0. The molecule has 5 nitrogen and oxygen atoms in total. The van der Waals surface area contributed by atoms with E-state index in [1.807, 2.05) is 17.2 Å². The van der Waals surface area contributed by atoms with Gasteiger partial charge >= 0.3 is 0 Å². The second-order valence-electron chi connectivity index (χ2n) is 4.06. The molecule has 0 aliphatic heterocycles. The predicted molar refractivity (Wildman–Crippen MR) is 69.0 cm³/mol. The van der Waals surface area contributed by atoms with E-state index in [2.05, 4.69) is 37.2 Å². The minimum atomic E-state index is 0.647. The summed E-state index contributed by atoms with van der Waals surface area (Å²) in [5, 5.41) is 4.25. The van der Waals surface area contributed by atoms with Crippen LogP contribution in [0.3, 0.4) is 0 Å². The fraction of sp³-hybridized carbons (Fsp3) is 0.400. The van der Waals surface area contributed by atoms with Gasteiger partial charge < -0.3 is 10.3 Å². The number of nitrogen functional groups attached to an aromatic ring is 1. The summed E-state index contributed by atoms with van der Waals surface area (Å²) in [6.07, 6.45) is 8.10. The summed E-state index contributed by atoms with van der Waals surface area (Å²) in [6.45, 7) is 0.700. The van der Waals surface area contributed by atoms with Crippen LogP contribution in [0.2, 0.25) is 0 Å². The third-order valence-electron chi connectivity index (χ3n) is 2.83. The molecule has 0 aromatic carbocycles. The number of halogens is 1. The SMILES string of the molecule is Nc1c(I)cnn1Cc1cncn1C1CC1. The standard InChI is InChI=1S/C10H12IN5/c11-9-4-14-16(10(9)12)5-8-3-13-6-15(8)7-1-2-7/h3-4,6-7H,1-2,5,12H2. The Hall–Kier alpha value is -1.05. The van der Waals surface area contributed by atoms with Crippen molar-refractivity contribution in [2.75, 3.05) is 5.73 Å². The lowest BCUT2D eigenvalue weighted by atomic mass is 10.4. The van der Waals surface area contributed by atoms with Crippen LogP contribution in [0.4, 0.5) is 5.82 Å². The summed E-state index contributed by atoms with van der Waals surface area (Å²) < 4.78 is 5.04. The van der Waals surface area contributed by atoms with Gasteiger partial charge in [-0.05, 0) is 35.4 Å². The zero-order valence-corrected chi connectivity index (χ0v) is 10.8. The van der Waals surface area contributed by atoms with Gasteiger partial charge in [0, 0.05) is 6.04 Å². The maximum Gasteiger partial charge on any atom is 0.135 e. The Morgan fingerprint density at radius 3 is 2.88 bits per heavy atom. The van der Waals surface area contributed by atoms with Crippen molar-refractivity contribution in [1.82, 2.24) is 19.3 Å². The predicted octanol–water partition coefficient (Wildman–Crippen LogP) is 1.65. The average molecular weight is 329 g/mol. The number of hydrogen-bond donors (Lipinski definition) is 1. The molecule has 1 aliphatic carbocycles. The summed E-state index contributed by atoms with van der Waals surface area (Å²) in [5.41, 5.74) is 7.10. The third-order valence-corrected chi connectivity index (χ3v) is 3.66. The minimum absolute atomic E-state index is 0.647. The Morgan fingerprint density at radius 2 is 2.25 bits per heavy atom. The Labute approximate surface area is 107 Å². The fourth-order valence-corrected chi connectivity index (χ4v) is 2.19. The molecule has 6 heteroatoms. The van der Waals surface area contributed by atoms with E-state index in [-0.39, 0.29) is 0 Å². The molecule has 2 aromatic rings. The van der Waals surface area contributed by atoms with E-state index in [0.29, 0.717) is 12.6 Å². The summed E-state index contributed by atoms with van der Waals surface area (Å²) in [5.74, 6) is 0.726. The van der Waals surface area contributed by atoms with E-state index in [4.69, 9.17) is 5.73 Å². The molecular formula is C10H12IN5. The van der Waals surface area contributed by atoms with E-state index < -0.39 is 0 Å². The number of anilines is 1. The van der Waals surface area contributed by atoms with E-state index in [9.17, 15) is 0 Å². The van der Waals surface area contributed by atoms with Gasteiger partial charge in [0.25, 0.3) is 0 Å². The maximum absolute atomic E-state index is 5.92. The smallest absolute Gasteiger partial charge is 0.135 e. The lowest BCUT2D eigenvalue weighted by Crippen LogP contribution is -2.10. The van der Waals surface area contributed by atoms with Crippen molar-refractivity contribution in [2.45, 2.75) is 25.4 Å². The van der Waals surface area contributed by atoms with E-state index in [1.165, 1.54) is 18.5 Å². The molecule has 84 valence electrons. The van der Waals surface area contributed by atoms with Gasteiger partial charge in [0.05, 0.1) is 34.5 Å². The van der Waals surface area contributed by atoms with Crippen LogP contribution in [0.25, 0.3) is 0 Å². The molecule has 0 spiro atoms. The molecule has 16 heavy (non-hydrogen) atoms. The molecule has 3 rings (SSSR count). The molecule has 0 unspecified atom stereocenters. The zero-order valence-electron chi connectivity index (χ0n) is 8.67. The van der Waals surface area contributed by atoms with Gasteiger partial charge in [0.15, 0.2) is 0 Å². The number of rotatable bonds is 3. The summed E-state index contributed by atoms with van der Waals surface area (Å²) in [4.78, 5) is 4.20. The largest absolute Gasteiger partial charge is 0.383 e. The molecule has 0 atom stereocenters. The van der Waals surface area contributed by atoms with Gasteiger partial charge in [-0.3, -0.25) is 0 Å². The molecule has 2 N–H and O–H groups in total. The zero-order chi connectivity index (χ0) is 11.1. The van der Waals surface area contributed by atoms with Crippen LogP contribution in [0.5, 0.6) is 0 Å². The molecule has 1 fully saturated rings. The van der Waals surface area contributed by atoms with Gasteiger partial charge in [-0.25, -0.2) is 9.67 Å². The van der Waals surface area contributed by atoms with Gasteiger partial charge in [-0.1, -0.05) is 0 Å². The van der Waals surface area contributed by atoms with E-state index in [0.717, 1.165) is 9.39 Å². The van der Waals surface area contributed by atoms with Crippen LogP contribution in [-0.2, 0) is 6.54 Å². The number of nitrogens with zero attached hydrogens (tertiary/aromatic N) is 4. The van der Waals surface area contributed by atoms with Crippen molar-refractivity contribution in [2.24, 2.45) is 0 Å². The topological polar surface area (TPSA) is 61.7 Å². The molecular weight excluding hydrogens is 317 g/mol. The lowest BCUT2D eigenvalue weighted by molar-refractivity contribution is 0.621. The van der Waals surface area contributed by atoms with Crippen molar-refractivity contribution < 1.29 is 0 Å². The van der Waals surface area contributed by atoms with Crippen molar-refractivity contribution in [3.05, 3.63) is 28.0 Å². The van der Waals surface area contributed by atoms with Crippen molar-refractivity contribution in [3.8, 4) is 0 Å². The Bertz CT molecular complexity index is 511. The minimum Gasteiger partial charge on any atom is -0.383 e. The summed E-state index contributed by atoms with van der Waals surface area (Å²) in [6, 6.07) is 0.647. The monoisotopic (exact) mass is 329 g/mol. The third kappa shape index (κ3) is 1.70. The first-order chi connectivity index (χ1) is 7.75. The number of nitrogens with two attached hydrogens (primary N) is 1. The molecule has 0 bridgehead atoms. The van der Waals surface area contributed by atoms with Crippen LogP contribution in [0, 0.1) is 3.57 Å². The fourth-order valence-electron chi connectivity index (χ4n) is 1.79. The van der Waals surface area contributed by atoms with Crippen molar-refractivity contribution >= 4 is 28.4 Å². The van der Waals surface area contributed by atoms with Crippen LogP contribution in [0.1, 0.15) is 24.6 Å². The Morgan fingerprint density at radius 1 is 1.44 bits per heavy atom. The summed E-state index contributed by atoms with van der Waals surface area (Å²) >= 11 is 2.19. The van der Waals surface area contributed by atoms with Crippen molar-refractivity contribution in [3.63, 3.8) is 0 Å². The first-order valence-corrected chi connectivity index (χ1v) is 6.31. The van der Waals surface area contributed by atoms with Gasteiger partial charge in [0.2, 0.25) is 0 Å². The molecule has 1 saturated carbocycles. The quantitative estimate of drug-likeness (QED) is 0.871. The highest BCUT2D eigenvalue weighted by Gasteiger charge is 2.25. The first-order valence-electron chi connectivity index (χ1n) is 5.23. The van der Waals surface area contributed by atoms with Crippen LogP contribution in [0.15, 0.2) is 18.7 Å². The lowest BCUT2D eigenvalue weighted by Gasteiger charge is -2.07. The van der Waals surface area contributed by atoms with Gasteiger partial charge in [-0.15, -0.1) is 0 Å². The molecule has 0 saturated heterocycles. The highest BCUT2D eigenvalue weighted by Crippen LogP contribution is 2.35. The molecule has 2 heterocycles. The highest BCUT2D eigenvalue weighted by molar-refractivity contribution is 14.1. The van der Waals surface area contributed by atoms with Gasteiger partial charge in [0.1, 0.15) is 5.82 Å². The Kier molecular flexibility index (Phi) is 2.38. The molecule has 0 radical (unpaired) electrons. The molecule has 2 aromatic heterocycles. The molecule has 0 amide bonds. The van der Waals surface area contributed by atoms with Gasteiger partial charge in [-0.2, -0.15) is 5.10 Å². The average Bonchev–Trinajstić information content (AvgIpc) is 2.95. The second kappa shape index (κ2) is 3.76. The highest BCUT2D eigenvalue weighted by atomic mass is 127. The van der Waals surface area contributed by atoms with E-state index >= 15 is 0 Å². The number of imidazole rings is 1. The Balaban J connectivity index is 1.88. The second-order valence-corrected chi connectivity index (χ2v) is 5.22. The molecule has 1 aliphatic rings. The van der Waals surface area contributed by atoms with Crippen LogP contribution < -0.4 is 5.73 Å². The maximum atomic E-state index is 5.92. The van der Waals surface area contributed by atoms with Crippen LogP contribution in [-0.4, -0.2) is 19.3 Å². The first kappa shape index (κ1) is 10.1. The van der Waals surface area contributed by atoms with E-state index in [1.54, 1.807) is 6.20 Å². The number of hydrogen-bond acceptors (Lipinski definition) is 3.